The summed E-state index contributed by atoms with van der Waals surface area (Å²) in [5, 5.41) is 6.84. The molecule has 0 amide bonds. The fourth-order valence-corrected chi connectivity index (χ4v) is 1.66. The monoisotopic (exact) mass is 266 g/mol. The Labute approximate surface area is 108 Å². The molecule has 0 radical (unpaired) electrons. The minimum atomic E-state index is -0.553. The van der Waals surface area contributed by atoms with Crippen molar-refractivity contribution in [3.05, 3.63) is 29.0 Å². The lowest BCUT2D eigenvalue weighted by Gasteiger charge is -2.00. The van der Waals surface area contributed by atoms with Crippen molar-refractivity contribution in [3.63, 3.8) is 0 Å². The fourth-order valence-electron chi connectivity index (χ4n) is 1.39. The lowest BCUT2D eigenvalue weighted by molar-refractivity contribution is 0.0512. The zero-order valence-corrected chi connectivity index (χ0v) is 10.4. The number of hydrogen-bond donors (Lipinski definition) is 2. The van der Waals surface area contributed by atoms with Gasteiger partial charge >= 0.3 is 5.97 Å². The number of nitrogens with one attached hydrogen (secondary N) is 1. The van der Waals surface area contributed by atoms with Crippen molar-refractivity contribution in [1.82, 2.24) is 15.2 Å². The highest BCUT2D eigenvalue weighted by molar-refractivity contribution is 6.33. The molecule has 6 nitrogen and oxygen atoms in total. The van der Waals surface area contributed by atoms with Gasteiger partial charge in [-0.15, -0.1) is 0 Å². The van der Waals surface area contributed by atoms with E-state index in [1.165, 1.54) is 0 Å². The average molecular weight is 267 g/mol. The van der Waals surface area contributed by atoms with E-state index in [0.29, 0.717) is 22.1 Å². The maximum Gasteiger partial charge on any atom is 0.375 e. The molecule has 0 spiro atoms. The third-order valence-corrected chi connectivity index (χ3v) is 2.50. The molecule has 0 aliphatic rings. The van der Waals surface area contributed by atoms with Crippen molar-refractivity contribution in [2.45, 2.75) is 6.92 Å². The van der Waals surface area contributed by atoms with Crippen LogP contribution in [0.15, 0.2) is 18.2 Å². The van der Waals surface area contributed by atoms with E-state index in [2.05, 4.69) is 15.2 Å². The first-order valence-electron chi connectivity index (χ1n) is 5.26. The zero-order chi connectivity index (χ0) is 13.1. The van der Waals surface area contributed by atoms with Crippen LogP contribution in [-0.2, 0) is 4.74 Å². The first-order chi connectivity index (χ1) is 8.61. The molecule has 2 rings (SSSR count). The topological polar surface area (TPSA) is 93.9 Å². The SMILES string of the molecule is CCOC(=O)c1nc(-c2ccc(N)cc2Cl)n[nH]1. The Hall–Kier alpha value is -2.08. The quantitative estimate of drug-likeness (QED) is 0.653. The molecule has 0 bridgehead atoms. The lowest BCUT2D eigenvalue weighted by atomic mass is 10.2. The van der Waals surface area contributed by atoms with Gasteiger partial charge in [0.1, 0.15) is 0 Å². The number of esters is 1. The molecule has 1 heterocycles. The largest absolute Gasteiger partial charge is 0.460 e. The van der Waals surface area contributed by atoms with Gasteiger partial charge in [0.05, 0.1) is 11.6 Å². The number of ether oxygens (including phenoxy) is 1. The molecule has 2 aromatic rings. The minimum absolute atomic E-state index is 0.0414. The average Bonchev–Trinajstić information content (AvgIpc) is 2.78. The third-order valence-electron chi connectivity index (χ3n) is 2.19. The van der Waals surface area contributed by atoms with Crippen LogP contribution in [0.3, 0.4) is 0 Å². The highest BCUT2D eigenvalue weighted by atomic mass is 35.5. The Balaban J connectivity index is 2.32. The number of aromatic nitrogens is 3. The summed E-state index contributed by atoms with van der Waals surface area (Å²) in [6.45, 7) is 1.99. The van der Waals surface area contributed by atoms with Gasteiger partial charge < -0.3 is 10.5 Å². The molecular formula is C11H11ClN4O2. The molecule has 0 unspecified atom stereocenters. The molecule has 0 saturated heterocycles. The second kappa shape index (κ2) is 5.05. The van der Waals surface area contributed by atoms with E-state index in [1.54, 1.807) is 25.1 Å². The van der Waals surface area contributed by atoms with Crippen LogP contribution in [0.4, 0.5) is 5.69 Å². The van der Waals surface area contributed by atoms with E-state index in [0.717, 1.165) is 0 Å². The van der Waals surface area contributed by atoms with E-state index < -0.39 is 5.97 Å². The predicted octanol–water partition coefficient (Wildman–Crippen LogP) is 1.88. The highest BCUT2D eigenvalue weighted by Crippen LogP contribution is 2.26. The Kier molecular flexibility index (Phi) is 3.47. The van der Waals surface area contributed by atoms with Gasteiger partial charge in [-0.05, 0) is 25.1 Å². The van der Waals surface area contributed by atoms with E-state index in [1.807, 2.05) is 0 Å². The number of H-pyrrole nitrogens is 1. The van der Waals surface area contributed by atoms with Gasteiger partial charge in [-0.25, -0.2) is 9.78 Å². The minimum Gasteiger partial charge on any atom is -0.460 e. The second-order valence-electron chi connectivity index (χ2n) is 3.47. The number of nitrogens with two attached hydrogens (primary N) is 1. The molecule has 0 atom stereocenters. The fraction of sp³-hybridized carbons (Fsp3) is 0.182. The van der Waals surface area contributed by atoms with Gasteiger partial charge in [0.15, 0.2) is 5.82 Å². The van der Waals surface area contributed by atoms with Crippen molar-refractivity contribution in [2.75, 3.05) is 12.3 Å². The molecule has 1 aromatic carbocycles. The summed E-state index contributed by atoms with van der Waals surface area (Å²) in [4.78, 5) is 15.4. The van der Waals surface area contributed by atoms with Crippen LogP contribution >= 0.6 is 11.6 Å². The van der Waals surface area contributed by atoms with Gasteiger partial charge in [-0.1, -0.05) is 11.6 Å². The van der Waals surface area contributed by atoms with Crippen LogP contribution in [0.5, 0.6) is 0 Å². The van der Waals surface area contributed by atoms with E-state index in [9.17, 15) is 4.79 Å². The first-order valence-corrected chi connectivity index (χ1v) is 5.64. The van der Waals surface area contributed by atoms with Crippen molar-refractivity contribution in [2.24, 2.45) is 0 Å². The summed E-state index contributed by atoms with van der Waals surface area (Å²) in [6.07, 6.45) is 0. The standard InChI is InChI=1S/C11H11ClN4O2/c1-2-18-11(17)10-14-9(15-16-10)7-4-3-6(13)5-8(7)12/h3-5H,2,13H2,1H3,(H,14,15,16). The van der Waals surface area contributed by atoms with Gasteiger partial charge in [0.2, 0.25) is 5.82 Å². The number of hydrogen-bond acceptors (Lipinski definition) is 5. The van der Waals surface area contributed by atoms with Crippen LogP contribution in [0.2, 0.25) is 5.02 Å². The number of nitrogen functional groups attached to an aromatic ring is 1. The van der Waals surface area contributed by atoms with Crippen molar-refractivity contribution < 1.29 is 9.53 Å². The number of carbonyl (C=O) groups excluding carboxylic acids is 1. The summed E-state index contributed by atoms with van der Waals surface area (Å²) in [5.74, 6) is -0.189. The number of anilines is 1. The molecule has 0 fully saturated rings. The first kappa shape index (κ1) is 12.4. The number of carbonyl (C=O) groups is 1. The van der Waals surface area contributed by atoms with Crippen LogP contribution in [-0.4, -0.2) is 27.8 Å². The number of halogens is 1. The van der Waals surface area contributed by atoms with E-state index in [4.69, 9.17) is 22.1 Å². The Bertz CT molecular complexity index is 582. The summed E-state index contributed by atoms with van der Waals surface area (Å²) in [5.41, 5.74) is 6.73. The number of benzene rings is 1. The van der Waals surface area contributed by atoms with Crippen LogP contribution in [0.25, 0.3) is 11.4 Å². The van der Waals surface area contributed by atoms with Crippen LogP contribution in [0, 0.1) is 0 Å². The molecule has 1 aromatic heterocycles. The third kappa shape index (κ3) is 2.43. The molecular weight excluding hydrogens is 256 g/mol. The normalized spacial score (nSPS) is 10.3. The van der Waals surface area contributed by atoms with Gasteiger partial charge in [0.25, 0.3) is 0 Å². The Morgan fingerprint density at radius 2 is 2.33 bits per heavy atom. The summed E-state index contributed by atoms with van der Waals surface area (Å²) in [6, 6.07) is 4.97. The Morgan fingerprint density at radius 1 is 1.56 bits per heavy atom. The molecule has 18 heavy (non-hydrogen) atoms. The summed E-state index contributed by atoms with van der Waals surface area (Å²) >= 11 is 6.02. The lowest BCUT2D eigenvalue weighted by Crippen LogP contribution is -2.06. The second-order valence-corrected chi connectivity index (χ2v) is 3.87. The van der Waals surface area contributed by atoms with Crippen molar-refractivity contribution in [1.29, 1.82) is 0 Å². The maximum absolute atomic E-state index is 11.4. The summed E-state index contributed by atoms with van der Waals surface area (Å²) in [7, 11) is 0. The maximum atomic E-state index is 11.4. The number of aromatic amines is 1. The molecule has 0 aliphatic heterocycles. The van der Waals surface area contributed by atoms with Crippen LogP contribution < -0.4 is 5.73 Å². The number of rotatable bonds is 3. The van der Waals surface area contributed by atoms with Gasteiger partial charge in [-0.2, -0.15) is 5.10 Å². The predicted molar refractivity (Wildman–Crippen MR) is 67.2 cm³/mol. The molecule has 7 heteroatoms. The molecule has 3 N–H and O–H groups in total. The molecule has 94 valence electrons. The molecule has 0 aliphatic carbocycles. The van der Waals surface area contributed by atoms with Crippen molar-refractivity contribution in [3.8, 4) is 11.4 Å². The number of nitrogens with zero attached hydrogens (tertiary/aromatic N) is 2. The summed E-state index contributed by atoms with van der Waals surface area (Å²) < 4.78 is 4.80. The highest BCUT2D eigenvalue weighted by Gasteiger charge is 2.15. The smallest absolute Gasteiger partial charge is 0.375 e. The van der Waals surface area contributed by atoms with Crippen molar-refractivity contribution >= 4 is 23.3 Å². The van der Waals surface area contributed by atoms with Crippen LogP contribution in [0.1, 0.15) is 17.5 Å². The van der Waals surface area contributed by atoms with E-state index in [-0.39, 0.29) is 12.4 Å². The van der Waals surface area contributed by atoms with Gasteiger partial charge in [0, 0.05) is 11.3 Å². The zero-order valence-electron chi connectivity index (χ0n) is 9.61. The van der Waals surface area contributed by atoms with Gasteiger partial charge in [-0.3, -0.25) is 5.10 Å². The molecule has 0 saturated carbocycles. The Morgan fingerprint density at radius 3 is 3.00 bits per heavy atom. The van der Waals surface area contributed by atoms with E-state index >= 15 is 0 Å².